The summed E-state index contributed by atoms with van der Waals surface area (Å²) >= 11 is 3.34. The van der Waals surface area contributed by atoms with Crippen molar-refractivity contribution in [2.45, 2.75) is 13.3 Å². The molecule has 0 aromatic heterocycles. The van der Waals surface area contributed by atoms with Crippen molar-refractivity contribution < 1.29 is 9.53 Å². The van der Waals surface area contributed by atoms with Crippen molar-refractivity contribution in [1.29, 1.82) is 0 Å². The fraction of sp³-hybridized carbons (Fsp3) is 0.250. The number of nitrogens with two attached hydrogens (primary N) is 1. The van der Waals surface area contributed by atoms with Gasteiger partial charge < -0.3 is 10.5 Å². The van der Waals surface area contributed by atoms with Gasteiger partial charge in [0.15, 0.2) is 0 Å². The lowest BCUT2D eigenvalue weighted by atomic mass is 10.2. The maximum absolute atomic E-state index is 11.1. The second kappa shape index (κ2) is 6.33. The molecule has 0 heterocycles. The molecule has 0 saturated carbocycles. The molecule has 1 aromatic rings. The Labute approximate surface area is 103 Å². The molecule has 0 saturated heterocycles. The van der Waals surface area contributed by atoms with Crippen LogP contribution < -0.4 is 5.73 Å². The van der Waals surface area contributed by atoms with Crippen LogP contribution in [0.2, 0.25) is 0 Å². The monoisotopic (exact) mass is 283 g/mol. The molecule has 0 fully saturated rings. The van der Waals surface area contributed by atoms with Gasteiger partial charge in [-0.15, -0.1) is 0 Å². The van der Waals surface area contributed by atoms with E-state index >= 15 is 0 Å². The van der Waals surface area contributed by atoms with Gasteiger partial charge in [-0.1, -0.05) is 18.2 Å². The van der Waals surface area contributed by atoms with E-state index in [1.807, 2.05) is 24.3 Å². The molecule has 1 aromatic carbocycles. The standard InChI is InChI=1S/C12H14BrNO2/c1-2-16-12(15)5-3-4-9-6-7-11(14)10(13)8-9/h3-4,6-8H,2,5,14H2,1H3. The van der Waals surface area contributed by atoms with Crippen LogP contribution in [0.5, 0.6) is 0 Å². The highest BCUT2D eigenvalue weighted by Gasteiger charge is 1.97. The Bertz CT molecular complexity index is 402. The van der Waals surface area contributed by atoms with Gasteiger partial charge in [0.25, 0.3) is 0 Å². The second-order valence-corrected chi connectivity index (χ2v) is 4.05. The first-order valence-corrected chi connectivity index (χ1v) is 5.80. The Balaban J connectivity index is 2.56. The molecule has 0 aliphatic carbocycles. The predicted molar refractivity (Wildman–Crippen MR) is 68.8 cm³/mol. The SMILES string of the molecule is CCOC(=O)CC=Cc1ccc(N)c(Br)c1. The molecular formula is C12H14BrNO2. The van der Waals surface area contributed by atoms with Crippen LogP contribution in [0.25, 0.3) is 6.08 Å². The molecule has 86 valence electrons. The van der Waals surface area contributed by atoms with E-state index in [-0.39, 0.29) is 12.4 Å². The number of rotatable bonds is 4. The molecule has 0 amide bonds. The van der Waals surface area contributed by atoms with E-state index < -0.39 is 0 Å². The number of benzene rings is 1. The third-order valence-electron chi connectivity index (χ3n) is 1.92. The van der Waals surface area contributed by atoms with Crippen LogP contribution in [0.1, 0.15) is 18.9 Å². The van der Waals surface area contributed by atoms with Gasteiger partial charge in [-0.2, -0.15) is 0 Å². The van der Waals surface area contributed by atoms with Crippen LogP contribution in [0.15, 0.2) is 28.7 Å². The second-order valence-electron chi connectivity index (χ2n) is 3.19. The zero-order chi connectivity index (χ0) is 12.0. The van der Waals surface area contributed by atoms with Gasteiger partial charge in [-0.05, 0) is 40.5 Å². The summed E-state index contributed by atoms with van der Waals surface area (Å²) in [6.07, 6.45) is 3.92. The van der Waals surface area contributed by atoms with Gasteiger partial charge >= 0.3 is 5.97 Å². The molecule has 16 heavy (non-hydrogen) atoms. The average molecular weight is 284 g/mol. The molecule has 2 N–H and O–H groups in total. The van der Waals surface area contributed by atoms with Crippen molar-refractivity contribution >= 4 is 33.7 Å². The van der Waals surface area contributed by atoms with Crippen molar-refractivity contribution in [3.63, 3.8) is 0 Å². The largest absolute Gasteiger partial charge is 0.466 e. The summed E-state index contributed by atoms with van der Waals surface area (Å²) in [6, 6.07) is 5.60. The Morgan fingerprint density at radius 3 is 2.94 bits per heavy atom. The number of anilines is 1. The zero-order valence-electron chi connectivity index (χ0n) is 9.07. The number of esters is 1. The van der Waals surface area contributed by atoms with Crippen molar-refractivity contribution in [2.24, 2.45) is 0 Å². The number of carbonyl (C=O) groups excluding carboxylic acids is 1. The molecule has 0 aliphatic heterocycles. The van der Waals surface area contributed by atoms with Crippen molar-refractivity contribution in [3.05, 3.63) is 34.3 Å². The quantitative estimate of drug-likeness (QED) is 0.683. The van der Waals surface area contributed by atoms with Crippen LogP contribution in [-0.4, -0.2) is 12.6 Å². The molecule has 3 nitrogen and oxygen atoms in total. The number of hydrogen-bond acceptors (Lipinski definition) is 3. The fourth-order valence-electron chi connectivity index (χ4n) is 1.16. The fourth-order valence-corrected chi connectivity index (χ4v) is 1.55. The first-order chi connectivity index (χ1) is 7.63. The number of ether oxygens (including phenoxy) is 1. The summed E-state index contributed by atoms with van der Waals surface area (Å²) in [7, 11) is 0. The summed E-state index contributed by atoms with van der Waals surface area (Å²) < 4.78 is 5.66. The summed E-state index contributed by atoms with van der Waals surface area (Å²) in [5.41, 5.74) is 7.35. The smallest absolute Gasteiger partial charge is 0.309 e. The molecular weight excluding hydrogens is 270 g/mol. The van der Waals surface area contributed by atoms with Gasteiger partial charge in [-0.25, -0.2) is 0 Å². The minimum atomic E-state index is -0.215. The average Bonchev–Trinajstić information content (AvgIpc) is 2.24. The molecule has 1 rings (SSSR count). The number of carbonyl (C=O) groups is 1. The van der Waals surface area contributed by atoms with E-state index in [0.29, 0.717) is 12.3 Å². The number of nitrogen functional groups attached to an aromatic ring is 1. The molecule has 0 unspecified atom stereocenters. The highest BCUT2D eigenvalue weighted by Crippen LogP contribution is 2.21. The molecule has 0 spiro atoms. The Hall–Kier alpha value is -1.29. The van der Waals surface area contributed by atoms with E-state index in [1.54, 1.807) is 13.0 Å². The number of hydrogen-bond donors (Lipinski definition) is 1. The number of halogens is 1. The maximum Gasteiger partial charge on any atom is 0.309 e. The Morgan fingerprint density at radius 1 is 1.56 bits per heavy atom. The normalized spacial score (nSPS) is 10.6. The van der Waals surface area contributed by atoms with E-state index in [1.165, 1.54) is 0 Å². The highest BCUT2D eigenvalue weighted by atomic mass is 79.9. The summed E-state index contributed by atoms with van der Waals surface area (Å²) in [4.78, 5) is 11.1. The third kappa shape index (κ3) is 4.06. The summed E-state index contributed by atoms with van der Waals surface area (Å²) in [5, 5.41) is 0. The summed E-state index contributed by atoms with van der Waals surface area (Å²) in [5.74, 6) is -0.215. The van der Waals surface area contributed by atoms with E-state index in [4.69, 9.17) is 10.5 Å². The lowest BCUT2D eigenvalue weighted by Gasteiger charge is -1.99. The van der Waals surface area contributed by atoms with Crippen LogP contribution in [-0.2, 0) is 9.53 Å². The highest BCUT2D eigenvalue weighted by molar-refractivity contribution is 9.10. The molecule has 0 aliphatic rings. The topological polar surface area (TPSA) is 52.3 Å². The van der Waals surface area contributed by atoms with Crippen LogP contribution in [0.4, 0.5) is 5.69 Å². The van der Waals surface area contributed by atoms with Gasteiger partial charge in [-0.3, -0.25) is 4.79 Å². The molecule has 0 atom stereocenters. The Kier molecular flexibility index (Phi) is 5.05. The van der Waals surface area contributed by atoms with E-state index in [0.717, 1.165) is 10.0 Å². The first-order valence-electron chi connectivity index (χ1n) is 5.00. The molecule has 0 bridgehead atoms. The van der Waals surface area contributed by atoms with Crippen LogP contribution in [0.3, 0.4) is 0 Å². The molecule has 4 heteroatoms. The summed E-state index contributed by atoms with van der Waals surface area (Å²) in [6.45, 7) is 2.21. The third-order valence-corrected chi connectivity index (χ3v) is 2.61. The Morgan fingerprint density at radius 2 is 2.31 bits per heavy atom. The minimum absolute atomic E-state index is 0.215. The molecule has 0 radical (unpaired) electrons. The van der Waals surface area contributed by atoms with E-state index in [9.17, 15) is 4.79 Å². The van der Waals surface area contributed by atoms with Gasteiger partial charge in [0.1, 0.15) is 0 Å². The van der Waals surface area contributed by atoms with Crippen molar-refractivity contribution in [3.8, 4) is 0 Å². The van der Waals surface area contributed by atoms with Gasteiger partial charge in [0, 0.05) is 10.2 Å². The first kappa shape index (κ1) is 12.8. The zero-order valence-corrected chi connectivity index (χ0v) is 10.7. The predicted octanol–water partition coefficient (Wildman–Crippen LogP) is 3.00. The van der Waals surface area contributed by atoms with Crippen molar-refractivity contribution in [1.82, 2.24) is 0 Å². The van der Waals surface area contributed by atoms with Crippen LogP contribution in [0, 0.1) is 0 Å². The van der Waals surface area contributed by atoms with Gasteiger partial charge in [0.2, 0.25) is 0 Å². The van der Waals surface area contributed by atoms with Gasteiger partial charge in [0.05, 0.1) is 13.0 Å². The van der Waals surface area contributed by atoms with Crippen molar-refractivity contribution in [2.75, 3.05) is 12.3 Å². The lowest BCUT2D eigenvalue weighted by molar-refractivity contribution is -0.142. The van der Waals surface area contributed by atoms with E-state index in [2.05, 4.69) is 15.9 Å². The van der Waals surface area contributed by atoms with Crippen LogP contribution >= 0.6 is 15.9 Å². The lowest BCUT2D eigenvalue weighted by Crippen LogP contribution is -2.01. The minimum Gasteiger partial charge on any atom is -0.466 e. The maximum atomic E-state index is 11.1.